The Bertz CT molecular complexity index is 583. The topological polar surface area (TPSA) is 50.2 Å². The van der Waals surface area contributed by atoms with Crippen LogP contribution in [0.25, 0.3) is 0 Å². The molecule has 1 rings (SSSR count). The molecule has 0 heterocycles. The highest BCUT2D eigenvalue weighted by molar-refractivity contribution is 9.11. The molecule has 0 fully saturated rings. The second-order valence-corrected chi connectivity index (χ2v) is 4.62. The minimum atomic E-state index is -1.07. The number of Topliss-reactive ketones (excluding diaryl/α,β-unsaturated/α-hetero) is 1. The Morgan fingerprint density at radius 2 is 2.10 bits per heavy atom. The number of carbonyl (C=O) groups excluding carboxylic acids is 1. The lowest BCUT2D eigenvalue weighted by Gasteiger charge is -2.07. The number of hydrogen-bond acceptors (Lipinski definition) is 3. The average Bonchev–Trinajstić information content (AvgIpc) is 2.44. The van der Waals surface area contributed by atoms with Gasteiger partial charge in [-0.1, -0.05) is 0 Å². The number of carbonyl (C=O) groups is 1. The van der Waals surface area contributed by atoms with Gasteiger partial charge in [0.1, 0.15) is 5.76 Å². The van der Waals surface area contributed by atoms with Gasteiger partial charge < -0.3 is 10.1 Å². The van der Waals surface area contributed by atoms with Crippen molar-refractivity contribution in [2.75, 3.05) is 6.61 Å². The first-order valence-corrected chi connectivity index (χ1v) is 6.39. The SMILES string of the molecule is C/C(OCC(=O)c1ccc(F)c(F)c1)=C(Br)/C=C\C=N. The van der Waals surface area contributed by atoms with Crippen LogP contribution >= 0.6 is 15.9 Å². The molecule has 3 nitrogen and oxygen atoms in total. The van der Waals surface area contributed by atoms with E-state index in [0.717, 1.165) is 18.3 Å². The van der Waals surface area contributed by atoms with E-state index in [4.69, 9.17) is 10.1 Å². The predicted octanol–water partition coefficient (Wildman–Crippen LogP) is 4.00. The van der Waals surface area contributed by atoms with Crippen LogP contribution in [0.5, 0.6) is 0 Å². The van der Waals surface area contributed by atoms with Crippen molar-refractivity contribution in [3.63, 3.8) is 0 Å². The Labute approximate surface area is 123 Å². The molecule has 0 aromatic heterocycles. The van der Waals surface area contributed by atoms with Crippen molar-refractivity contribution in [2.24, 2.45) is 0 Å². The molecular formula is C14H12BrF2NO2. The first-order chi connectivity index (χ1) is 9.45. The summed E-state index contributed by atoms with van der Waals surface area (Å²) >= 11 is 3.22. The molecule has 0 aliphatic rings. The maximum absolute atomic E-state index is 13.0. The number of rotatable bonds is 6. The number of allylic oxidation sites excluding steroid dienone is 4. The number of benzene rings is 1. The van der Waals surface area contributed by atoms with Gasteiger partial charge in [0.15, 0.2) is 24.0 Å². The van der Waals surface area contributed by atoms with Crippen LogP contribution < -0.4 is 0 Å². The van der Waals surface area contributed by atoms with E-state index in [0.29, 0.717) is 10.2 Å². The highest BCUT2D eigenvalue weighted by Crippen LogP contribution is 2.15. The van der Waals surface area contributed by atoms with Gasteiger partial charge in [0.05, 0.1) is 4.48 Å². The van der Waals surface area contributed by atoms with Crippen LogP contribution in [0.2, 0.25) is 0 Å². The van der Waals surface area contributed by atoms with Crippen molar-refractivity contribution in [3.05, 3.63) is 57.8 Å². The van der Waals surface area contributed by atoms with Gasteiger partial charge in [0.2, 0.25) is 0 Å². The van der Waals surface area contributed by atoms with Crippen molar-refractivity contribution in [1.29, 1.82) is 5.41 Å². The van der Waals surface area contributed by atoms with Crippen LogP contribution in [0, 0.1) is 17.0 Å². The largest absolute Gasteiger partial charge is 0.489 e. The number of ether oxygens (including phenoxy) is 1. The lowest BCUT2D eigenvalue weighted by Crippen LogP contribution is -2.09. The molecule has 6 heteroatoms. The Balaban J connectivity index is 2.69. The van der Waals surface area contributed by atoms with Crippen molar-refractivity contribution >= 4 is 27.9 Å². The van der Waals surface area contributed by atoms with E-state index >= 15 is 0 Å². The quantitative estimate of drug-likeness (QED) is 0.367. The maximum Gasteiger partial charge on any atom is 0.200 e. The van der Waals surface area contributed by atoms with Crippen LogP contribution in [0.4, 0.5) is 8.78 Å². The van der Waals surface area contributed by atoms with Crippen molar-refractivity contribution in [2.45, 2.75) is 6.92 Å². The summed E-state index contributed by atoms with van der Waals surface area (Å²) in [4.78, 5) is 11.7. The van der Waals surface area contributed by atoms with Crippen LogP contribution in [0.1, 0.15) is 17.3 Å². The molecule has 0 atom stereocenters. The second kappa shape index (κ2) is 7.69. The zero-order chi connectivity index (χ0) is 15.1. The van der Waals surface area contributed by atoms with Gasteiger partial charge >= 0.3 is 0 Å². The summed E-state index contributed by atoms with van der Waals surface area (Å²) < 4.78 is 31.5. The third-order valence-electron chi connectivity index (χ3n) is 2.34. The van der Waals surface area contributed by atoms with E-state index in [1.54, 1.807) is 13.0 Å². The molecule has 1 aromatic carbocycles. The molecule has 1 N–H and O–H groups in total. The van der Waals surface area contributed by atoms with Gasteiger partial charge in [-0.3, -0.25) is 4.79 Å². The first kappa shape index (κ1) is 16.2. The molecule has 0 aliphatic carbocycles. The van der Waals surface area contributed by atoms with Crippen molar-refractivity contribution in [1.82, 2.24) is 0 Å². The Morgan fingerprint density at radius 1 is 1.40 bits per heavy atom. The maximum atomic E-state index is 13.0. The Morgan fingerprint density at radius 3 is 2.70 bits per heavy atom. The zero-order valence-corrected chi connectivity index (χ0v) is 12.2. The molecule has 1 aromatic rings. The molecule has 0 spiro atoms. The summed E-state index contributed by atoms with van der Waals surface area (Å²) in [5, 5.41) is 6.84. The number of halogens is 3. The van der Waals surface area contributed by atoms with Gasteiger partial charge in [-0.2, -0.15) is 0 Å². The lowest BCUT2D eigenvalue weighted by atomic mass is 10.1. The van der Waals surface area contributed by atoms with E-state index in [2.05, 4.69) is 15.9 Å². The van der Waals surface area contributed by atoms with Crippen LogP contribution in [-0.2, 0) is 4.74 Å². The van der Waals surface area contributed by atoms with E-state index in [9.17, 15) is 13.6 Å². The van der Waals surface area contributed by atoms with E-state index in [-0.39, 0.29) is 12.2 Å². The Kier molecular flexibility index (Phi) is 6.24. The standard InChI is InChI=1S/C14H12BrF2NO2/c1-9(11(15)3-2-6-18)20-8-14(19)10-4-5-12(16)13(17)7-10/h2-7,18H,8H2,1H3/b3-2-,11-9+,18-6?. The van der Waals surface area contributed by atoms with Crippen LogP contribution in [0.3, 0.4) is 0 Å². The third kappa shape index (κ3) is 4.70. The molecule has 0 bridgehead atoms. The van der Waals surface area contributed by atoms with Gasteiger partial charge in [-0.25, -0.2) is 8.78 Å². The normalized spacial score (nSPS) is 12.2. The minimum Gasteiger partial charge on any atom is -0.489 e. The summed E-state index contributed by atoms with van der Waals surface area (Å²) in [6.45, 7) is 1.35. The summed E-state index contributed by atoms with van der Waals surface area (Å²) in [6.07, 6.45) is 4.17. The molecule has 0 radical (unpaired) electrons. The van der Waals surface area contributed by atoms with E-state index in [1.165, 1.54) is 12.1 Å². The number of ketones is 1. The molecule has 20 heavy (non-hydrogen) atoms. The summed E-state index contributed by atoms with van der Waals surface area (Å²) in [7, 11) is 0. The van der Waals surface area contributed by atoms with Gasteiger partial charge in [-0.05, 0) is 53.2 Å². The second-order valence-electron chi connectivity index (χ2n) is 3.77. The summed E-state index contributed by atoms with van der Waals surface area (Å²) in [5.74, 6) is -2.09. The zero-order valence-electron chi connectivity index (χ0n) is 10.6. The smallest absolute Gasteiger partial charge is 0.200 e. The van der Waals surface area contributed by atoms with Gasteiger partial charge in [0.25, 0.3) is 0 Å². The monoisotopic (exact) mass is 343 g/mol. The molecule has 106 valence electrons. The molecule has 0 aliphatic heterocycles. The fourth-order valence-corrected chi connectivity index (χ4v) is 1.51. The molecule has 0 unspecified atom stereocenters. The summed E-state index contributed by atoms with van der Waals surface area (Å²) in [6, 6.07) is 2.94. The number of hydrogen-bond donors (Lipinski definition) is 1. The van der Waals surface area contributed by atoms with Crippen molar-refractivity contribution < 1.29 is 18.3 Å². The average molecular weight is 344 g/mol. The fourth-order valence-electron chi connectivity index (χ4n) is 1.25. The Hall–Kier alpha value is -1.82. The fraction of sp³-hybridized carbons (Fsp3) is 0.143. The van der Waals surface area contributed by atoms with Gasteiger partial charge in [-0.15, -0.1) is 0 Å². The van der Waals surface area contributed by atoms with Crippen LogP contribution in [-0.4, -0.2) is 18.6 Å². The third-order valence-corrected chi connectivity index (χ3v) is 3.16. The number of nitrogens with one attached hydrogen (secondary N) is 1. The molecule has 0 saturated heterocycles. The summed E-state index contributed by atoms with van der Waals surface area (Å²) in [5.41, 5.74) is 0.0443. The lowest BCUT2D eigenvalue weighted by molar-refractivity contribution is 0.0862. The predicted molar refractivity (Wildman–Crippen MR) is 76.2 cm³/mol. The van der Waals surface area contributed by atoms with E-state index < -0.39 is 17.4 Å². The molecular weight excluding hydrogens is 332 g/mol. The highest BCUT2D eigenvalue weighted by Gasteiger charge is 2.11. The van der Waals surface area contributed by atoms with Crippen molar-refractivity contribution in [3.8, 4) is 0 Å². The van der Waals surface area contributed by atoms with Crippen LogP contribution in [0.15, 0.2) is 40.6 Å². The minimum absolute atomic E-state index is 0.0443. The first-order valence-electron chi connectivity index (χ1n) is 5.60. The highest BCUT2D eigenvalue weighted by atomic mass is 79.9. The van der Waals surface area contributed by atoms with Gasteiger partial charge in [0, 0.05) is 11.8 Å². The molecule has 0 amide bonds. The van der Waals surface area contributed by atoms with E-state index in [1.807, 2.05) is 0 Å². The molecule has 0 saturated carbocycles.